The number of imidazole rings is 1. The first-order valence-electron chi connectivity index (χ1n) is 11.4. The van der Waals surface area contributed by atoms with Gasteiger partial charge in [0.05, 0.1) is 30.7 Å². The number of rotatable bonds is 14. The summed E-state index contributed by atoms with van der Waals surface area (Å²) in [5.74, 6) is 0.308. The van der Waals surface area contributed by atoms with Crippen molar-refractivity contribution in [3.63, 3.8) is 0 Å². The third kappa shape index (κ3) is 7.69. The Balaban J connectivity index is 1.27. The van der Waals surface area contributed by atoms with Crippen molar-refractivity contribution in [2.24, 2.45) is 5.73 Å². The van der Waals surface area contributed by atoms with Crippen LogP contribution in [0, 0.1) is 0 Å². The van der Waals surface area contributed by atoms with Gasteiger partial charge in [0.1, 0.15) is 12.0 Å². The lowest BCUT2D eigenvalue weighted by Crippen LogP contribution is -2.42. The zero-order valence-electron chi connectivity index (χ0n) is 18.9. The van der Waals surface area contributed by atoms with Crippen LogP contribution in [0.25, 0.3) is 0 Å². The van der Waals surface area contributed by atoms with Gasteiger partial charge in [-0.25, -0.2) is 9.78 Å². The zero-order chi connectivity index (χ0) is 24.3. The van der Waals surface area contributed by atoms with E-state index in [2.05, 4.69) is 25.6 Å². The third-order valence-corrected chi connectivity index (χ3v) is 6.15. The predicted molar refractivity (Wildman–Crippen MR) is 126 cm³/mol. The molecular formula is C21H32N7O5P. The van der Waals surface area contributed by atoms with Crippen LogP contribution in [0.4, 0.5) is 5.82 Å². The Morgan fingerprint density at radius 1 is 1.35 bits per heavy atom. The lowest BCUT2D eigenvalue weighted by atomic mass is 10.1. The van der Waals surface area contributed by atoms with Crippen molar-refractivity contribution in [2.75, 3.05) is 24.6 Å². The first kappa shape index (κ1) is 26.0. The Morgan fingerprint density at radius 2 is 2.15 bits per heavy atom. The van der Waals surface area contributed by atoms with Gasteiger partial charge in [-0.2, -0.15) is 4.98 Å². The summed E-state index contributed by atoms with van der Waals surface area (Å²) < 4.78 is 17.7. The maximum atomic E-state index is 12.3. The molecule has 0 aromatic carbocycles. The Bertz CT molecular complexity index is 971. The van der Waals surface area contributed by atoms with Gasteiger partial charge in [0.25, 0.3) is 0 Å². The van der Waals surface area contributed by atoms with E-state index in [-0.39, 0.29) is 27.0 Å². The van der Waals surface area contributed by atoms with Crippen molar-refractivity contribution in [1.29, 1.82) is 0 Å². The molecule has 2 aromatic rings. The van der Waals surface area contributed by atoms with Gasteiger partial charge in [-0.3, -0.25) is 13.9 Å². The number of nitrogens with one attached hydrogen (secondary N) is 3. The van der Waals surface area contributed by atoms with E-state index < -0.39 is 30.2 Å². The topological polar surface area (TPSA) is 177 Å². The largest absolute Gasteiger partial charge is 0.390 e. The average molecular weight is 494 g/mol. The molecule has 1 saturated heterocycles. The number of aromatic amines is 1. The highest BCUT2D eigenvalue weighted by Crippen LogP contribution is 2.29. The molecule has 1 aliphatic rings. The highest BCUT2D eigenvalue weighted by Gasteiger charge is 2.35. The number of hydrogen-bond acceptors (Lipinski definition) is 9. The molecule has 2 aromatic heterocycles. The number of nitrogens with two attached hydrogens (primary N) is 1. The highest BCUT2D eigenvalue weighted by molar-refractivity contribution is 7.23. The molecule has 12 nitrogen and oxygen atoms in total. The maximum Gasteiger partial charge on any atom is 0.351 e. The van der Waals surface area contributed by atoms with E-state index in [1.807, 2.05) is 0 Å². The third-order valence-electron chi connectivity index (χ3n) is 5.64. The van der Waals surface area contributed by atoms with E-state index in [1.54, 1.807) is 24.8 Å². The molecule has 1 fully saturated rings. The summed E-state index contributed by atoms with van der Waals surface area (Å²) in [6, 6.07) is 1.09. The van der Waals surface area contributed by atoms with Crippen molar-refractivity contribution < 1.29 is 19.2 Å². The van der Waals surface area contributed by atoms with Gasteiger partial charge in [-0.05, 0) is 18.9 Å². The fourth-order valence-electron chi connectivity index (χ4n) is 3.74. The summed E-state index contributed by atoms with van der Waals surface area (Å²) in [7, 11) is -0.105. The number of aromatic nitrogens is 4. The Kier molecular flexibility index (Phi) is 10.1. The number of hydrogen-bond donors (Lipinski definition) is 5. The van der Waals surface area contributed by atoms with Crippen LogP contribution in [-0.2, 0) is 20.5 Å². The number of H-pyrrole nitrogens is 1. The van der Waals surface area contributed by atoms with Gasteiger partial charge in [0.15, 0.2) is 8.46 Å². The molecule has 0 bridgehead atoms. The molecule has 1 amide bonds. The summed E-state index contributed by atoms with van der Waals surface area (Å²) in [4.78, 5) is 35.2. The van der Waals surface area contributed by atoms with Crippen LogP contribution in [0.3, 0.4) is 0 Å². The number of aliphatic hydroxyl groups excluding tert-OH is 1. The van der Waals surface area contributed by atoms with Gasteiger partial charge in [-0.1, -0.05) is 12.8 Å². The molecule has 0 aliphatic carbocycles. The minimum absolute atomic E-state index is 0.105. The quantitative estimate of drug-likeness (QED) is 0.186. The van der Waals surface area contributed by atoms with Crippen molar-refractivity contribution in [1.82, 2.24) is 24.8 Å². The van der Waals surface area contributed by atoms with E-state index in [4.69, 9.17) is 10.5 Å². The zero-order valence-corrected chi connectivity index (χ0v) is 19.8. The van der Waals surface area contributed by atoms with Crippen LogP contribution < -0.4 is 22.1 Å². The van der Waals surface area contributed by atoms with Crippen molar-refractivity contribution >= 4 is 20.2 Å². The smallest absolute Gasteiger partial charge is 0.351 e. The summed E-state index contributed by atoms with van der Waals surface area (Å²) in [6.07, 6.45) is 7.42. The van der Waals surface area contributed by atoms with Crippen LogP contribution in [0.2, 0.25) is 0 Å². The second kappa shape index (κ2) is 13.3. The van der Waals surface area contributed by atoms with E-state index in [1.165, 1.54) is 4.57 Å². The first-order chi connectivity index (χ1) is 16.5. The van der Waals surface area contributed by atoms with Crippen LogP contribution in [0.5, 0.6) is 0 Å². The van der Waals surface area contributed by atoms with Crippen LogP contribution in [-0.4, -0.2) is 68.0 Å². The number of carbonyl (C=O) groups excluding carboxylic acids is 1. The molecule has 4 unspecified atom stereocenters. The molecule has 13 heteroatoms. The van der Waals surface area contributed by atoms with E-state index >= 15 is 0 Å². The molecule has 4 atom stereocenters. The number of unbranched alkanes of at least 4 members (excludes halogenated alkanes) is 3. The minimum Gasteiger partial charge on any atom is -0.390 e. The summed E-state index contributed by atoms with van der Waals surface area (Å²) in [6.45, 7) is 1.25. The Hall–Kier alpha value is -2.66. The number of anilines is 1. The van der Waals surface area contributed by atoms with Crippen molar-refractivity contribution in [3.05, 3.63) is 41.0 Å². The second-order valence-corrected chi connectivity index (χ2v) is 8.89. The lowest BCUT2D eigenvalue weighted by molar-refractivity contribution is -0.122. The van der Waals surface area contributed by atoms with E-state index in [0.29, 0.717) is 25.3 Å². The number of ether oxygens (including phenoxy) is 1. The standard InChI is InChI=1S/C21H32N7O5P/c22-15(9-14-11-23-13-26-14)20(30)25-7-4-2-1-3-6-24-18-5-8-28(21(31)27-18)19-10-16(29)17(33-19)12-34-32/h5,8,11,13,15-17,19,29H,1-4,6-7,9-10,12,22H2,(H,23,26)(H,25,30)(H,24,27,31). The van der Waals surface area contributed by atoms with Gasteiger partial charge >= 0.3 is 5.69 Å². The van der Waals surface area contributed by atoms with Crippen LogP contribution in [0.15, 0.2) is 29.6 Å². The molecule has 0 radical (unpaired) electrons. The maximum absolute atomic E-state index is 12.3. The molecule has 1 aliphatic heterocycles. The molecule has 34 heavy (non-hydrogen) atoms. The van der Waals surface area contributed by atoms with Gasteiger partial charge in [-0.15, -0.1) is 0 Å². The van der Waals surface area contributed by atoms with E-state index in [0.717, 1.165) is 31.4 Å². The number of aliphatic hydroxyl groups is 1. The molecular weight excluding hydrogens is 461 g/mol. The van der Waals surface area contributed by atoms with Gasteiger partial charge in [0, 0.05) is 44.0 Å². The number of carbonyl (C=O) groups is 1. The SMILES string of the molecule is NC(Cc1cnc[nH]1)C(=O)NCCCCCCNc1ccn(C2CC(O)C(CP=O)O2)c(=O)n1. The molecule has 0 saturated carbocycles. The Morgan fingerprint density at radius 3 is 2.85 bits per heavy atom. The second-order valence-electron chi connectivity index (χ2n) is 8.27. The molecule has 6 N–H and O–H groups in total. The average Bonchev–Trinajstić information content (AvgIpc) is 3.45. The summed E-state index contributed by atoms with van der Waals surface area (Å²) in [5, 5.41) is 16.0. The fourth-order valence-corrected chi connectivity index (χ4v) is 4.22. The van der Waals surface area contributed by atoms with Gasteiger partial charge in [0.2, 0.25) is 5.91 Å². The fraction of sp³-hybridized carbons (Fsp3) is 0.619. The highest BCUT2D eigenvalue weighted by atomic mass is 31.1. The normalized spacial score (nSPS) is 20.9. The lowest BCUT2D eigenvalue weighted by Gasteiger charge is -2.14. The predicted octanol–water partition coefficient (Wildman–Crippen LogP) is 0.565. The first-order valence-corrected chi connectivity index (χ1v) is 12.4. The van der Waals surface area contributed by atoms with Gasteiger partial charge < -0.3 is 31.2 Å². The molecule has 0 spiro atoms. The monoisotopic (exact) mass is 493 g/mol. The Labute approximate surface area is 198 Å². The summed E-state index contributed by atoms with van der Waals surface area (Å²) >= 11 is 0. The van der Waals surface area contributed by atoms with Crippen molar-refractivity contribution in [2.45, 2.75) is 63.0 Å². The molecule has 186 valence electrons. The number of amides is 1. The van der Waals surface area contributed by atoms with Crippen LogP contribution in [0.1, 0.15) is 44.0 Å². The van der Waals surface area contributed by atoms with Crippen LogP contribution >= 0.6 is 8.46 Å². The van der Waals surface area contributed by atoms with E-state index in [9.17, 15) is 19.3 Å². The molecule has 3 heterocycles. The molecule has 3 rings (SSSR count). The summed E-state index contributed by atoms with van der Waals surface area (Å²) in [5.41, 5.74) is 6.26. The van der Waals surface area contributed by atoms with Crippen molar-refractivity contribution in [3.8, 4) is 0 Å². The number of nitrogens with zero attached hydrogens (tertiary/aromatic N) is 3. The minimum atomic E-state index is -0.761.